The molecule has 21 heavy (non-hydrogen) atoms. The minimum atomic E-state index is -0.693. The number of para-hydroxylation sites is 1. The first-order chi connectivity index (χ1) is 10.1. The molecule has 0 saturated heterocycles. The van der Waals surface area contributed by atoms with Crippen LogP contribution in [0.25, 0.3) is 16.9 Å². The summed E-state index contributed by atoms with van der Waals surface area (Å²) < 4.78 is 30.1. The monoisotopic (exact) mass is 368 g/mol. The van der Waals surface area contributed by atoms with Crippen LogP contribution >= 0.6 is 27.5 Å². The molecular formula is C15H8BrClF2N2. The Morgan fingerprint density at radius 1 is 0.952 bits per heavy atom. The number of halogens is 4. The molecule has 2 aromatic carbocycles. The third-order valence-electron chi connectivity index (χ3n) is 3.01. The van der Waals surface area contributed by atoms with Gasteiger partial charge in [-0.15, -0.1) is 0 Å². The molecule has 2 nitrogen and oxygen atoms in total. The van der Waals surface area contributed by atoms with Crippen molar-refractivity contribution in [2.24, 2.45) is 0 Å². The Balaban J connectivity index is 2.34. The molecular weight excluding hydrogens is 362 g/mol. The van der Waals surface area contributed by atoms with Crippen molar-refractivity contribution >= 4 is 27.5 Å². The molecule has 1 heterocycles. The molecule has 0 unspecified atom stereocenters. The van der Waals surface area contributed by atoms with Gasteiger partial charge in [-0.1, -0.05) is 35.9 Å². The lowest BCUT2D eigenvalue weighted by molar-refractivity contribution is 0.588. The molecule has 0 aliphatic heterocycles. The van der Waals surface area contributed by atoms with Gasteiger partial charge in [0.05, 0.1) is 11.3 Å². The van der Waals surface area contributed by atoms with Crippen molar-refractivity contribution in [2.45, 2.75) is 0 Å². The average molecular weight is 370 g/mol. The van der Waals surface area contributed by atoms with Crippen LogP contribution in [0.1, 0.15) is 0 Å². The fourth-order valence-electron chi connectivity index (χ4n) is 2.12. The van der Waals surface area contributed by atoms with E-state index in [4.69, 9.17) is 11.6 Å². The summed E-state index contributed by atoms with van der Waals surface area (Å²) in [5, 5.41) is 0.0229. The molecule has 0 amide bonds. The number of imidazole rings is 1. The molecule has 3 rings (SSSR count). The summed E-state index contributed by atoms with van der Waals surface area (Å²) >= 11 is 9.36. The highest BCUT2D eigenvalue weighted by molar-refractivity contribution is 9.10. The molecule has 0 N–H and O–H groups in total. The summed E-state index contributed by atoms with van der Waals surface area (Å²) in [6.07, 6.45) is 0. The van der Waals surface area contributed by atoms with E-state index in [2.05, 4.69) is 20.9 Å². The van der Waals surface area contributed by atoms with Gasteiger partial charge in [-0.25, -0.2) is 13.8 Å². The minimum absolute atomic E-state index is 0.0229. The van der Waals surface area contributed by atoms with Gasteiger partial charge in [0, 0.05) is 5.69 Å². The molecule has 3 aromatic rings. The van der Waals surface area contributed by atoms with Crippen LogP contribution in [-0.2, 0) is 0 Å². The highest BCUT2D eigenvalue weighted by atomic mass is 79.9. The summed E-state index contributed by atoms with van der Waals surface area (Å²) in [6, 6.07) is 12.7. The summed E-state index contributed by atoms with van der Waals surface area (Å²) in [6.45, 7) is 0. The van der Waals surface area contributed by atoms with Gasteiger partial charge >= 0.3 is 0 Å². The predicted octanol–water partition coefficient (Wildman–Crippen LogP) is 5.23. The maximum atomic E-state index is 14.1. The van der Waals surface area contributed by atoms with Gasteiger partial charge in [-0.3, -0.25) is 4.57 Å². The number of aromatic nitrogens is 2. The molecule has 0 saturated carbocycles. The van der Waals surface area contributed by atoms with Gasteiger partial charge in [-0.05, 0) is 40.2 Å². The van der Waals surface area contributed by atoms with Gasteiger partial charge in [0.2, 0.25) is 0 Å². The quantitative estimate of drug-likeness (QED) is 0.604. The average Bonchev–Trinajstić information content (AvgIpc) is 2.75. The fraction of sp³-hybridized carbons (Fsp3) is 0. The Labute approximate surface area is 133 Å². The number of nitrogens with zero attached hydrogens (tertiary/aromatic N) is 2. The fourth-order valence-corrected chi connectivity index (χ4v) is 3.04. The van der Waals surface area contributed by atoms with E-state index in [9.17, 15) is 8.78 Å². The Hall–Kier alpha value is -1.72. The van der Waals surface area contributed by atoms with E-state index in [1.54, 1.807) is 16.7 Å². The second kappa shape index (κ2) is 5.58. The van der Waals surface area contributed by atoms with E-state index in [0.29, 0.717) is 10.4 Å². The third kappa shape index (κ3) is 2.47. The van der Waals surface area contributed by atoms with E-state index >= 15 is 0 Å². The lowest BCUT2D eigenvalue weighted by Gasteiger charge is -2.11. The van der Waals surface area contributed by atoms with Crippen molar-refractivity contribution < 1.29 is 8.78 Å². The largest absolute Gasteiger partial charge is 0.285 e. The van der Waals surface area contributed by atoms with Crippen molar-refractivity contribution in [3.05, 3.63) is 70.1 Å². The number of benzene rings is 2. The standard InChI is InChI=1S/C15H8BrClF2N2/c16-15-20-14(17)13(12-10(18)7-4-8-11(12)19)21(15)9-5-2-1-3-6-9/h1-8H. The van der Waals surface area contributed by atoms with Gasteiger partial charge in [0.1, 0.15) is 11.6 Å². The van der Waals surface area contributed by atoms with E-state index < -0.39 is 11.6 Å². The van der Waals surface area contributed by atoms with Gasteiger partial charge in [0.25, 0.3) is 0 Å². The van der Waals surface area contributed by atoms with E-state index in [1.165, 1.54) is 18.2 Å². The van der Waals surface area contributed by atoms with Gasteiger partial charge < -0.3 is 0 Å². The summed E-state index contributed by atoms with van der Waals surface area (Å²) in [5.41, 5.74) is 0.663. The second-order valence-electron chi connectivity index (χ2n) is 4.29. The SMILES string of the molecule is Fc1cccc(F)c1-c1c(Cl)nc(Br)n1-c1ccccc1. The molecule has 106 valence electrons. The number of rotatable bonds is 2. The zero-order chi connectivity index (χ0) is 15.0. The highest BCUT2D eigenvalue weighted by Crippen LogP contribution is 2.36. The second-order valence-corrected chi connectivity index (χ2v) is 5.36. The molecule has 6 heteroatoms. The lowest BCUT2D eigenvalue weighted by Crippen LogP contribution is -2.00. The predicted molar refractivity (Wildman–Crippen MR) is 81.6 cm³/mol. The Morgan fingerprint density at radius 3 is 2.19 bits per heavy atom. The van der Waals surface area contributed by atoms with Crippen LogP contribution in [0.15, 0.2) is 53.3 Å². The van der Waals surface area contributed by atoms with Crippen molar-refractivity contribution in [3.63, 3.8) is 0 Å². The zero-order valence-electron chi connectivity index (χ0n) is 10.5. The molecule has 0 aliphatic rings. The number of hydrogen-bond donors (Lipinski definition) is 0. The number of hydrogen-bond acceptors (Lipinski definition) is 1. The zero-order valence-corrected chi connectivity index (χ0v) is 12.9. The van der Waals surface area contributed by atoms with Crippen LogP contribution in [0.5, 0.6) is 0 Å². The maximum absolute atomic E-state index is 14.1. The van der Waals surface area contributed by atoms with Crippen molar-refractivity contribution in [3.8, 4) is 16.9 Å². The van der Waals surface area contributed by atoms with E-state index in [0.717, 1.165) is 0 Å². The van der Waals surface area contributed by atoms with Crippen molar-refractivity contribution in [1.29, 1.82) is 0 Å². The summed E-state index contributed by atoms with van der Waals surface area (Å²) in [7, 11) is 0. The molecule has 0 aliphatic carbocycles. The normalized spacial score (nSPS) is 10.9. The Morgan fingerprint density at radius 2 is 1.57 bits per heavy atom. The van der Waals surface area contributed by atoms with Crippen molar-refractivity contribution in [1.82, 2.24) is 9.55 Å². The first-order valence-electron chi connectivity index (χ1n) is 6.03. The molecule has 0 radical (unpaired) electrons. The van der Waals surface area contributed by atoms with Crippen LogP contribution in [0.2, 0.25) is 5.15 Å². The highest BCUT2D eigenvalue weighted by Gasteiger charge is 2.23. The topological polar surface area (TPSA) is 17.8 Å². The third-order valence-corrected chi connectivity index (χ3v) is 3.80. The van der Waals surface area contributed by atoms with Crippen LogP contribution in [-0.4, -0.2) is 9.55 Å². The van der Waals surface area contributed by atoms with Gasteiger partial charge in [-0.2, -0.15) is 0 Å². The summed E-state index contributed by atoms with van der Waals surface area (Å²) in [4.78, 5) is 4.06. The van der Waals surface area contributed by atoms with Crippen LogP contribution in [0, 0.1) is 11.6 Å². The smallest absolute Gasteiger partial charge is 0.183 e. The Kier molecular flexibility index (Phi) is 3.78. The lowest BCUT2D eigenvalue weighted by atomic mass is 10.1. The minimum Gasteiger partial charge on any atom is -0.285 e. The van der Waals surface area contributed by atoms with Crippen LogP contribution < -0.4 is 0 Å². The van der Waals surface area contributed by atoms with E-state index in [-0.39, 0.29) is 16.4 Å². The van der Waals surface area contributed by atoms with E-state index in [1.807, 2.05) is 18.2 Å². The Bertz CT molecular complexity index is 783. The first kappa shape index (κ1) is 14.2. The molecule has 0 fully saturated rings. The molecule has 1 aromatic heterocycles. The van der Waals surface area contributed by atoms with Crippen molar-refractivity contribution in [2.75, 3.05) is 0 Å². The molecule has 0 atom stereocenters. The van der Waals surface area contributed by atoms with Crippen LogP contribution in [0.4, 0.5) is 8.78 Å². The molecule has 0 bridgehead atoms. The molecule has 0 spiro atoms. The van der Waals surface area contributed by atoms with Gasteiger partial charge in [0.15, 0.2) is 9.89 Å². The summed E-state index contributed by atoms with van der Waals surface area (Å²) in [5.74, 6) is -1.39. The maximum Gasteiger partial charge on any atom is 0.183 e. The van der Waals surface area contributed by atoms with Crippen LogP contribution in [0.3, 0.4) is 0 Å². The first-order valence-corrected chi connectivity index (χ1v) is 7.20.